The highest BCUT2D eigenvalue weighted by atomic mass is 35.5. The van der Waals surface area contributed by atoms with Crippen molar-refractivity contribution < 1.29 is 9.47 Å². The van der Waals surface area contributed by atoms with Gasteiger partial charge in [-0.05, 0) is 43.8 Å². The molecule has 0 fully saturated rings. The van der Waals surface area contributed by atoms with Gasteiger partial charge >= 0.3 is 0 Å². The van der Waals surface area contributed by atoms with Gasteiger partial charge in [0.1, 0.15) is 0 Å². The monoisotopic (exact) mass is 402 g/mol. The van der Waals surface area contributed by atoms with Crippen LogP contribution in [0.4, 0.5) is 0 Å². The Morgan fingerprint density at radius 2 is 1.93 bits per heavy atom. The van der Waals surface area contributed by atoms with Gasteiger partial charge in [-0.1, -0.05) is 41.9 Å². The van der Waals surface area contributed by atoms with Crippen LogP contribution < -0.4 is 9.47 Å². The highest BCUT2D eigenvalue weighted by Gasteiger charge is 2.12. The summed E-state index contributed by atoms with van der Waals surface area (Å²) in [5.41, 5.74) is 1.66. The molecule has 1 heterocycles. The predicted molar refractivity (Wildman–Crippen MR) is 110 cm³/mol. The minimum Gasteiger partial charge on any atom is -0.490 e. The third-order valence-corrected chi connectivity index (χ3v) is 4.17. The topological polar surface area (TPSA) is 64.4 Å². The average molecular weight is 403 g/mol. The molecule has 6 nitrogen and oxygen atoms in total. The number of benzene rings is 2. The van der Waals surface area contributed by atoms with Crippen molar-refractivity contribution in [3.8, 4) is 22.9 Å². The average Bonchev–Trinajstić information content (AvgIpc) is 3.04. The molecule has 0 amide bonds. The number of nitrogens with one attached hydrogen (secondary N) is 1. The van der Waals surface area contributed by atoms with Crippen LogP contribution in [0.5, 0.6) is 11.5 Å². The van der Waals surface area contributed by atoms with E-state index in [2.05, 4.69) is 15.3 Å². The van der Waals surface area contributed by atoms with E-state index in [-0.39, 0.29) is 0 Å². The fourth-order valence-corrected chi connectivity index (χ4v) is 2.96. The number of H-pyrrole nitrogens is 1. The Kier molecular flexibility index (Phi) is 6.26. The molecule has 0 atom stereocenters. The van der Waals surface area contributed by atoms with Gasteiger partial charge in [-0.15, -0.1) is 0 Å². The lowest BCUT2D eigenvalue weighted by Gasteiger charge is -2.13. The molecule has 0 unspecified atom stereocenters. The van der Waals surface area contributed by atoms with E-state index in [4.69, 9.17) is 33.3 Å². The molecule has 3 rings (SSSR count). The summed E-state index contributed by atoms with van der Waals surface area (Å²) < 4.78 is 13.2. The van der Waals surface area contributed by atoms with Crippen molar-refractivity contribution in [3.63, 3.8) is 0 Å². The Morgan fingerprint density at radius 1 is 1.19 bits per heavy atom. The fraction of sp³-hybridized carbons (Fsp3) is 0.211. The molecule has 0 radical (unpaired) electrons. The van der Waals surface area contributed by atoms with E-state index >= 15 is 0 Å². The van der Waals surface area contributed by atoms with Gasteiger partial charge in [0.2, 0.25) is 4.77 Å². The van der Waals surface area contributed by atoms with Crippen molar-refractivity contribution >= 4 is 30.0 Å². The molecule has 140 valence electrons. The van der Waals surface area contributed by atoms with Crippen LogP contribution in [0.2, 0.25) is 5.02 Å². The first kappa shape index (κ1) is 19.1. The second-order valence-corrected chi connectivity index (χ2v) is 6.26. The lowest BCUT2D eigenvalue weighted by Crippen LogP contribution is -2.01. The van der Waals surface area contributed by atoms with Crippen molar-refractivity contribution in [1.29, 1.82) is 0 Å². The molecule has 8 heteroatoms. The van der Waals surface area contributed by atoms with Crippen LogP contribution in [0.15, 0.2) is 47.6 Å². The highest BCUT2D eigenvalue weighted by molar-refractivity contribution is 7.71. The van der Waals surface area contributed by atoms with Gasteiger partial charge in [0.05, 0.1) is 24.5 Å². The van der Waals surface area contributed by atoms with Crippen LogP contribution >= 0.6 is 23.8 Å². The summed E-state index contributed by atoms with van der Waals surface area (Å²) in [4.78, 5) is 0. The summed E-state index contributed by atoms with van der Waals surface area (Å²) in [6.45, 7) is 4.80. The first-order chi connectivity index (χ1) is 13.1. The molecule has 1 aromatic heterocycles. The first-order valence-corrected chi connectivity index (χ1v) is 9.29. The standard InChI is InChI=1S/C19H19ClN4O2S/c1-3-25-16-11-13(10-15(20)17(16)26-4-2)12-21-24-18(22-23-19(24)27)14-8-6-5-7-9-14/h5-12H,3-4H2,1-2H3,(H,23,27)/b21-12-. The summed E-state index contributed by atoms with van der Waals surface area (Å²) in [5, 5.41) is 12.0. The zero-order chi connectivity index (χ0) is 19.2. The van der Waals surface area contributed by atoms with Crippen LogP contribution in [0.1, 0.15) is 19.4 Å². The Labute approximate surface area is 167 Å². The molecule has 2 aromatic carbocycles. The Hall–Kier alpha value is -2.64. The van der Waals surface area contributed by atoms with Crippen LogP contribution in [0.25, 0.3) is 11.4 Å². The largest absolute Gasteiger partial charge is 0.490 e. The van der Waals surface area contributed by atoms with Gasteiger partial charge < -0.3 is 9.47 Å². The number of halogens is 1. The van der Waals surface area contributed by atoms with Crippen LogP contribution in [0, 0.1) is 4.77 Å². The van der Waals surface area contributed by atoms with Crippen molar-refractivity contribution in [1.82, 2.24) is 14.9 Å². The molecular formula is C19H19ClN4O2S. The Morgan fingerprint density at radius 3 is 2.63 bits per heavy atom. The van der Waals surface area contributed by atoms with Crippen LogP contribution in [0.3, 0.4) is 0 Å². The number of hydrogen-bond donors (Lipinski definition) is 1. The molecule has 0 saturated carbocycles. The summed E-state index contributed by atoms with van der Waals surface area (Å²) in [5.74, 6) is 1.73. The predicted octanol–water partition coefficient (Wildman–Crippen LogP) is 4.94. The third kappa shape index (κ3) is 4.37. The minimum atomic E-state index is 0.396. The summed E-state index contributed by atoms with van der Waals surface area (Å²) >= 11 is 11.7. The van der Waals surface area contributed by atoms with E-state index in [1.54, 1.807) is 17.0 Å². The van der Waals surface area contributed by atoms with Crippen molar-refractivity contribution in [3.05, 3.63) is 57.8 Å². The molecular weight excluding hydrogens is 384 g/mol. The van der Waals surface area contributed by atoms with Crippen LogP contribution in [-0.2, 0) is 0 Å². The fourth-order valence-electron chi connectivity index (χ4n) is 2.51. The van der Waals surface area contributed by atoms with Gasteiger partial charge in [-0.25, -0.2) is 5.10 Å². The summed E-state index contributed by atoms with van der Waals surface area (Å²) in [6, 6.07) is 13.3. The van der Waals surface area contributed by atoms with E-state index in [0.29, 0.717) is 40.3 Å². The van der Waals surface area contributed by atoms with E-state index in [1.807, 2.05) is 50.2 Å². The molecule has 0 aliphatic rings. The molecule has 27 heavy (non-hydrogen) atoms. The summed E-state index contributed by atoms with van der Waals surface area (Å²) in [7, 11) is 0. The first-order valence-electron chi connectivity index (χ1n) is 8.50. The molecule has 3 aromatic rings. The Bertz CT molecular complexity index is 999. The lowest BCUT2D eigenvalue weighted by molar-refractivity contribution is 0.288. The van der Waals surface area contributed by atoms with Crippen molar-refractivity contribution in [2.45, 2.75) is 13.8 Å². The van der Waals surface area contributed by atoms with Crippen molar-refractivity contribution in [2.75, 3.05) is 13.2 Å². The number of nitrogens with zero attached hydrogens (tertiary/aromatic N) is 3. The summed E-state index contributed by atoms with van der Waals surface area (Å²) in [6.07, 6.45) is 1.65. The molecule has 1 N–H and O–H groups in total. The molecule has 0 aliphatic heterocycles. The number of hydrogen-bond acceptors (Lipinski definition) is 5. The number of ether oxygens (including phenoxy) is 2. The highest BCUT2D eigenvalue weighted by Crippen LogP contribution is 2.36. The van der Waals surface area contributed by atoms with E-state index < -0.39 is 0 Å². The second-order valence-electron chi connectivity index (χ2n) is 5.47. The van der Waals surface area contributed by atoms with Crippen molar-refractivity contribution in [2.24, 2.45) is 5.10 Å². The molecule has 0 bridgehead atoms. The van der Waals surface area contributed by atoms with Gasteiger partial charge in [0.15, 0.2) is 17.3 Å². The molecule has 0 saturated heterocycles. The van der Waals surface area contributed by atoms with E-state index in [0.717, 1.165) is 11.1 Å². The van der Waals surface area contributed by atoms with Crippen LogP contribution in [-0.4, -0.2) is 34.3 Å². The van der Waals surface area contributed by atoms with E-state index in [9.17, 15) is 0 Å². The van der Waals surface area contributed by atoms with Gasteiger partial charge in [-0.3, -0.25) is 0 Å². The molecule has 0 aliphatic carbocycles. The molecule has 0 spiro atoms. The minimum absolute atomic E-state index is 0.396. The number of rotatable bonds is 7. The SMILES string of the molecule is CCOc1cc(/C=N\n2c(-c3ccccc3)n[nH]c2=S)cc(Cl)c1OCC. The van der Waals surface area contributed by atoms with Gasteiger partial charge in [0, 0.05) is 5.56 Å². The van der Waals surface area contributed by atoms with Gasteiger partial charge in [-0.2, -0.15) is 14.9 Å². The zero-order valence-electron chi connectivity index (χ0n) is 15.0. The number of aromatic amines is 1. The number of aromatic nitrogens is 3. The zero-order valence-corrected chi connectivity index (χ0v) is 16.5. The van der Waals surface area contributed by atoms with E-state index in [1.165, 1.54) is 0 Å². The quantitative estimate of drug-likeness (QED) is 0.449. The maximum absolute atomic E-state index is 6.36. The maximum Gasteiger partial charge on any atom is 0.216 e. The maximum atomic E-state index is 6.36. The normalized spacial score (nSPS) is 11.1. The smallest absolute Gasteiger partial charge is 0.216 e. The third-order valence-electron chi connectivity index (χ3n) is 3.63. The second kappa shape index (κ2) is 8.83. The Balaban J connectivity index is 1.98. The lowest BCUT2D eigenvalue weighted by atomic mass is 10.2. The van der Waals surface area contributed by atoms with Gasteiger partial charge in [0.25, 0.3) is 0 Å².